The first-order valence-corrected chi connectivity index (χ1v) is 8.42. The highest BCUT2D eigenvalue weighted by Crippen LogP contribution is 2.26. The molecule has 1 aliphatic rings. The van der Waals surface area contributed by atoms with Gasteiger partial charge in [-0.05, 0) is 24.6 Å². The lowest BCUT2D eigenvalue weighted by molar-refractivity contribution is -0.145. The Kier molecular flexibility index (Phi) is 6.52. The number of amides is 3. The third kappa shape index (κ3) is 4.57. The molecule has 0 bridgehead atoms. The lowest BCUT2D eigenvalue weighted by Gasteiger charge is -2.41. The predicted molar refractivity (Wildman–Crippen MR) is 93.0 cm³/mol. The molecule has 1 aliphatic heterocycles. The van der Waals surface area contributed by atoms with Gasteiger partial charge in [-0.1, -0.05) is 12.1 Å². The molecule has 0 aliphatic carbocycles. The normalized spacial score (nSPS) is 17.3. The quantitative estimate of drug-likeness (QED) is 0.855. The van der Waals surface area contributed by atoms with E-state index in [-0.39, 0.29) is 30.4 Å². The molecule has 0 saturated carbocycles. The van der Waals surface area contributed by atoms with Crippen molar-refractivity contribution in [3.63, 3.8) is 0 Å². The Morgan fingerprint density at radius 2 is 2.04 bits per heavy atom. The minimum atomic E-state index is -0.296. The Hall–Kier alpha value is -2.41. The average molecular weight is 347 g/mol. The molecule has 0 radical (unpaired) electrons. The first kappa shape index (κ1) is 18.9. The fourth-order valence-electron chi connectivity index (χ4n) is 2.96. The molecule has 2 rings (SSSR count). The molecule has 0 aromatic heterocycles. The van der Waals surface area contributed by atoms with Crippen LogP contribution in [0.1, 0.15) is 35.8 Å². The number of nitrogens with zero attached hydrogens (tertiary/aromatic N) is 2. The molecule has 1 atom stereocenters. The van der Waals surface area contributed by atoms with Crippen molar-refractivity contribution in [1.29, 1.82) is 0 Å². The zero-order valence-corrected chi connectivity index (χ0v) is 14.9. The highest BCUT2D eigenvalue weighted by atomic mass is 16.5. The van der Waals surface area contributed by atoms with Gasteiger partial charge in [-0.15, -0.1) is 0 Å². The second-order valence-electron chi connectivity index (χ2n) is 5.91. The van der Waals surface area contributed by atoms with Crippen LogP contribution in [-0.4, -0.2) is 67.4 Å². The number of carbonyl (C=O) groups excluding carboxylic acids is 3. The number of benzene rings is 1. The van der Waals surface area contributed by atoms with E-state index in [0.29, 0.717) is 31.8 Å². The number of carbonyl (C=O) groups is 3. The van der Waals surface area contributed by atoms with Gasteiger partial charge in [0.1, 0.15) is 6.61 Å². The van der Waals surface area contributed by atoms with Crippen molar-refractivity contribution in [3.05, 3.63) is 35.4 Å². The van der Waals surface area contributed by atoms with E-state index in [1.54, 1.807) is 35.0 Å². The molecule has 1 N–H and O–H groups in total. The van der Waals surface area contributed by atoms with E-state index >= 15 is 0 Å². The van der Waals surface area contributed by atoms with Gasteiger partial charge in [0.2, 0.25) is 11.8 Å². The van der Waals surface area contributed by atoms with Crippen LogP contribution in [0.2, 0.25) is 0 Å². The summed E-state index contributed by atoms with van der Waals surface area (Å²) in [5, 5.41) is 2.60. The zero-order chi connectivity index (χ0) is 18.4. The van der Waals surface area contributed by atoms with Crippen LogP contribution in [0.15, 0.2) is 24.3 Å². The van der Waals surface area contributed by atoms with Crippen molar-refractivity contribution < 1.29 is 19.1 Å². The molecule has 1 aromatic rings. The van der Waals surface area contributed by atoms with Crippen LogP contribution in [0.5, 0.6) is 0 Å². The third-order valence-corrected chi connectivity index (χ3v) is 4.34. The highest BCUT2D eigenvalue weighted by molar-refractivity contribution is 5.94. The van der Waals surface area contributed by atoms with Crippen molar-refractivity contribution >= 4 is 17.7 Å². The zero-order valence-electron chi connectivity index (χ0n) is 14.9. The molecule has 1 unspecified atom stereocenters. The first-order valence-electron chi connectivity index (χ1n) is 8.42. The van der Waals surface area contributed by atoms with Gasteiger partial charge in [-0.3, -0.25) is 14.4 Å². The summed E-state index contributed by atoms with van der Waals surface area (Å²) < 4.78 is 5.25. The maximum atomic E-state index is 12.5. The van der Waals surface area contributed by atoms with Crippen molar-refractivity contribution in [2.45, 2.75) is 19.9 Å². The summed E-state index contributed by atoms with van der Waals surface area (Å²) in [4.78, 5) is 39.6. The molecule has 1 fully saturated rings. The van der Waals surface area contributed by atoms with Gasteiger partial charge in [0.15, 0.2) is 0 Å². The van der Waals surface area contributed by atoms with E-state index in [0.717, 1.165) is 5.56 Å². The third-order valence-electron chi connectivity index (χ3n) is 4.34. The maximum absolute atomic E-state index is 12.5. The number of piperazine rings is 1. The molecule has 1 saturated heterocycles. The van der Waals surface area contributed by atoms with Crippen LogP contribution in [0.25, 0.3) is 0 Å². The minimum Gasteiger partial charge on any atom is -0.372 e. The maximum Gasteiger partial charge on any atom is 0.251 e. The standard InChI is InChI=1S/C18H25N3O4/c1-4-25-12-17(23)21-9-8-20(13(2)22)11-16(21)14-6-5-7-15(10-14)18(24)19-3/h5-7,10,16H,4,8-9,11-12H2,1-3H3,(H,19,24). The van der Waals surface area contributed by atoms with E-state index in [9.17, 15) is 14.4 Å². The van der Waals surface area contributed by atoms with Gasteiger partial charge in [-0.2, -0.15) is 0 Å². The van der Waals surface area contributed by atoms with Crippen molar-refractivity contribution in [2.24, 2.45) is 0 Å². The average Bonchev–Trinajstić information content (AvgIpc) is 2.64. The summed E-state index contributed by atoms with van der Waals surface area (Å²) >= 11 is 0. The summed E-state index contributed by atoms with van der Waals surface area (Å²) in [5.74, 6) is -0.321. The molecule has 0 spiro atoms. The Bertz CT molecular complexity index is 647. The highest BCUT2D eigenvalue weighted by Gasteiger charge is 2.32. The van der Waals surface area contributed by atoms with E-state index in [2.05, 4.69) is 5.32 Å². The van der Waals surface area contributed by atoms with Crippen molar-refractivity contribution in [1.82, 2.24) is 15.1 Å². The first-order chi connectivity index (χ1) is 12.0. The fraction of sp³-hybridized carbons (Fsp3) is 0.500. The molecular formula is C18H25N3O4. The number of ether oxygens (including phenoxy) is 1. The SMILES string of the molecule is CCOCC(=O)N1CCN(C(C)=O)CC1c1cccc(C(=O)NC)c1. The molecule has 25 heavy (non-hydrogen) atoms. The lowest BCUT2D eigenvalue weighted by atomic mass is 9.99. The van der Waals surface area contributed by atoms with Crippen LogP contribution < -0.4 is 5.32 Å². The summed E-state index contributed by atoms with van der Waals surface area (Å²) in [7, 11) is 1.57. The molecule has 1 aromatic carbocycles. The number of rotatable bonds is 5. The second-order valence-corrected chi connectivity index (χ2v) is 5.91. The van der Waals surface area contributed by atoms with E-state index in [1.807, 2.05) is 13.0 Å². The molecule has 3 amide bonds. The van der Waals surface area contributed by atoms with Crippen molar-refractivity contribution in [2.75, 3.05) is 39.9 Å². The van der Waals surface area contributed by atoms with Crippen LogP contribution >= 0.6 is 0 Å². The molecule has 1 heterocycles. The topological polar surface area (TPSA) is 79.0 Å². The summed E-state index contributed by atoms with van der Waals surface area (Å²) in [6.45, 7) is 5.20. The van der Waals surface area contributed by atoms with E-state index in [1.165, 1.54) is 6.92 Å². The van der Waals surface area contributed by atoms with E-state index < -0.39 is 0 Å². The van der Waals surface area contributed by atoms with Gasteiger partial charge in [-0.25, -0.2) is 0 Å². The predicted octanol–water partition coefficient (Wildman–Crippen LogP) is 0.814. The summed E-state index contributed by atoms with van der Waals surface area (Å²) in [6.07, 6.45) is 0. The number of hydrogen-bond donors (Lipinski definition) is 1. The largest absolute Gasteiger partial charge is 0.372 e. The molecule has 136 valence electrons. The lowest BCUT2D eigenvalue weighted by Crippen LogP contribution is -2.52. The van der Waals surface area contributed by atoms with Gasteiger partial charge in [0.05, 0.1) is 6.04 Å². The Morgan fingerprint density at radius 3 is 2.68 bits per heavy atom. The van der Waals surface area contributed by atoms with Crippen LogP contribution in [0, 0.1) is 0 Å². The number of hydrogen-bond acceptors (Lipinski definition) is 4. The van der Waals surface area contributed by atoms with Gasteiger partial charge < -0.3 is 19.9 Å². The summed E-state index contributed by atoms with van der Waals surface area (Å²) in [5.41, 5.74) is 1.36. The molecular weight excluding hydrogens is 322 g/mol. The van der Waals surface area contributed by atoms with Crippen LogP contribution in [0.4, 0.5) is 0 Å². The Labute approximate surface area is 147 Å². The Morgan fingerprint density at radius 1 is 1.28 bits per heavy atom. The van der Waals surface area contributed by atoms with Gasteiger partial charge >= 0.3 is 0 Å². The molecule has 7 nitrogen and oxygen atoms in total. The van der Waals surface area contributed by atoms with Crippen LogP contribution in [-0.2, 0) is 14.3 Å². The van der Waals surface area contributed by atoms with Gasteiger partial charge in [0, 0.05) is 45.8 Å². The fourth-order valence-corrected chi connectivity index (χ4v) is 2.96. The van der Waals surface area contributed by atoms with Crippen molar-refractivity contribution in [3.8, 4) is 0 Å². The second kappa shape index (κ2) is 8.62. The Balaban J connectivity index is 2.30. The smallest absolute Gasteiger partial charge is 0.251 e. The number of nitrogens with one attached hydrogen (secondary N) is 1. The van der Waals surface area contributed by atoms with Crippen LogP contribution in [0.3, 0.4) is 0 Å². The minimum absolute atomic E-state index is 0.0161. The molecule has 7 heteroatoms. The summed E-state index contributed by atoms with van der Waals surface area (Å²) in [6, 6.07) is 6.86. The van der Waals surface area contributed by atoms with Gasteiger partial charge in [0.25, 0.3) is 5.91 Å². The monoisotopic (exact) mass is 347 g/mol. The van der Waals surface area contributed by atoms with E-state index in [4.69, 9.17) is 4.74 Å².